The van der Waals surface area contributed by atoms with Crippen molar-refractivity contribution >= 4 is 0 Å². The van der Waals surface area contributed by atoms with Gasteiger partial charge in [-0.05, 0) is 60.1 Å². The van der Waals surface area contributed by atoms with E-state index in [4.69, 9.17) is 9.47 Å². The lowest BCUT2D eigenvalue weighted by Crippen LogP contribution is -2.26. The number of phenols is 2. The zero-order valence-corrected chi connectivity index (χ0v) is 15.1. The summed E-state index contributed by atoms with van der Waals surface area (Å²) in [6, 6.07) is 10.2. The molecule has 0 saturated heterocycles. The van der Waals surface area contributed by atoms with Crippen molar-refractivity contribution in [2.45, 2.75) is 12.8 Å². The third kappa shape index (κ3) is 4.80. The van der Waals surface area contributed by atoms with E-state index in [0.29, 0.717) is 24.3 Å². The second kappa shape index (κ2) is 9.31. The van der Waals surface area contributed by atoms with Crippen LogP contribution in [0, 0.1) is 11.8 Å². The number of rotatable bonds is 9. The van der Waals surface area contributed by atoms with Crippen LogP contribution in [-0.2, 0) is 12.8 Å². The Balaban J connectivity index is 2.15. The maximum absolute atomic E-state index is 9.84. The van der Waals surface area contributed by atoms with E-state index < -0.39 is 0 Å². The fraction of sp³-hybridized carbons (Fsp3) is 0.400. The lowest BCUT2D eigenvalue weighted by molar-refractivity contribution is 0.119. The van der Waals surface area contributed by atoms with Gasteiger partial charge in [0.05, 0.1) is 14.2 Å². The number of ether oxygens (including phenoxy) is 2. The monoisotopic (exact) mass is 362 g/mol. The summed E-state index contributed by atoms with van der Waals surface area (Å²) in [6.07, 6.45) is 1.04. The molecule has 2 rings (SSSR count). The molecule has 0 aliphatic carbocycles. The van der Waals surface area contributed by atoms with Crippen LogP contribution in [-0.4, -0.2) is 47.9 Å². The minimum Gasteiger partial charge on any atom is -0.504 e. The zero-order chi connectivity index (χ0) is 19.1. The van der Waals surface area contributed by atoms with Crippen LogP contribution >= 0.6 is 0 Å². The highest BCUT2D eigenvalue weighted by Gasteiger charge is 2.22. The van der Waals surface area contributed by atoms with Gasteiger partial charge in [-0.3, -0.25) is 0 Å². The van der Waals surface area contributed by atoms with Crippen molar-refractivity contribution in [2.24, 2.45) is 11.8 Å². The predicted octanol–water partition coefficient (Wildman–Crippen LogP) is 2.12. The van der Waals surface area contributed by atoms with Gasteiger partial charge in [0.25, 0.3) is 0 Å². The van der Waals surface area contributed by atoms with Crippen LogP contribution in [0.1, 0.15) is 11.1 Å². The van der Waals surface area contributed by atoms with E-state index in [0.717, 1.165) is 11.1 Å². The fourth-order valence-electron chi connectivity index (χ4n) is 3.07. The molecular formula is C20H26O6. The van der Waals surface area contributed by atoms with Gasteiger partial charge in [0.1, 0.15) is 0 Å². The summed E-state index contributed by atoms with van der Waals surface area (Å²) in [7, 11) is 3.14. The summed E-state index contributed by atoms with van der Waals surface area (Å²) >= 11 is 0. The lowest BCUT2D eigenvalue weighted by Gasteiger charge is -2.24. The topological polar surface area (TPSA) is 99.4 Å². The summed E-state index contributed by atoms with van der Waals surface area (Å²) in [5, 5.41) is 38.7. The number of methoxy groups -OCH3 is 2. The Morgan fingerprint density at radius 2 is 1.27 bits per heavy atom. The first-order valence-corrected chi connectivity index (χ1v) is 8.45. The van der Waals surface area contributed by atoms with E-state index in [1.165, 1.54) is 12.1 Å². The van der Waals surface area contributed by atoms with Crippen LogP contribution in [0.5, 0.6) is 23.0 Å². The van der Waals surface area contributed by atoms with Gasteiger partial charge in [-0.25, -0.2) is 0 Å². The highest BCUT2D eigenvalue weighted by molar-refractivity contribution is 5.43. The molecular weight excluding hydrogens is 336 g/mol. The molecule has 0 aliphatic rings. The fourth-order valence-corrected chi connectivity index (χ4v) is 3.07. The molecule has 2 aromatic rings. The lowest BCUT2D eigenvalue weighted by atomic mass is 9.83. The third-order valence-electron chi connectivity index (χ3n) is 4.62. The van der Waals surface area contributed by atoms with E-state index in [9.17, 15) is 20.4 Å². The van der Waals surface area contributed by atoms with Crippen LogP contribution in [0.25, 0.3) is 0 Å². The number of aromatic hydroxyl groups is 2. The molecule has 2 aromatic carbocycles. The van der Waals surface area contributed by atoms with Crippen molar-refractivity contribution in [1.82, 2.24) is 0 Å². The summed E-state index contributed by atoms with van der Waals surface area (Å²) in [4.78, 5) is 0. The van der Waals surface area contributed by atoms with Gasteiger partial charge in [-0.15, -0.1) is 0 Å². The van der Waals surface area contributed by atoms with Crippen LogP contribution in [0.3, 0.4) is 0 Å². The number of hydrogen-bond donors (Lipinski definition) is 4. The first kappa shape index (κ1) is 19.9. The van der Waals surface area contributed by atoms with Crippen molar-refractivity contribution < 1.29 is 29.9 Å². The molecule has 0 bridgehead atoms. The Kier molecular flexibility index (Phi) is 7.12. The molecule has 0 radical (unpaired) electrons. The normalized spacial score (nSPS) is 13.2. The van der Waals surface area contributed by atoms with Crippen molar-refractivity contribution in [3.8, 4) is 23.0 Å². The largest absolute Gasteiger partial charge is 0.504 e. The first-order valence-electron chi connectivity index (χ1n) is 8.45. The maximum Gasteiger partial charge on any atom is 0.160 e. The van der Waals surface area contributed by atoms with E-state index in [1.807, 2.05) is 18.2 Å². The molecule has 0 amide bonds. The van der Waals surface area contributed by atoms with Gasteiger partial charge in [0.15, 0.2) is 23.0 Å². The Bertz CT molecular complexity index is 715. The van der Waals surface area contributed by atoms with Crippen LogP contribution in [0.4, 0.5) is 0 Å². The molecule has 0 saturated carbocycles. The van der Waals surface area contributed by atoms with Gasteiger partial charge >= 0.3 is 0 Å². The second-order valence-corrected chi connectivity index (χ2v) is 6.31. The summed E-state index contributed by atoms with van der Waals surface area (Å²) in [5.41, 5.74) is 1.75. The molecule has 6 nitrogen and oxygen atoms in total. The van der Waals surface area contributed by atoms with Crippen molar-refractivity contribution in [2.75, 3.05) is 27.4 Å². The predicted molar refractivity (Wildman–Crippen MR) is 97.9 cm³/mol. The molecule has 0 aromatic heterocycles. The average molecular weight is 362 g/mol. The quantitative estimate of drug-likeness (QED) is 0.510. The summed E-state index contributed by atoms with van der Waals surface area (Å²) in [5.74, 6) is 0.504. The minimum absolute atomic E-state index is 0.0797. The van der Waals surface area contributed by atoms with Crippen LogP contribution in [0.15, 0.2) is 36.4 Å². The Labute approximate surface area is 153 Å². The Morgan fingerprint density at radius 1 is 0.731 bits per heavy atom. The molecule has 26 heavy (non-hydrogen) atoms. The van der Waals surface area contributed by atoms with Gasteiger partial charge in [-0.2, -0.15) is 0 Å². The highest BCUT2D eigenvalue weighted by Crippen LogP contribution is 2.31. The Hall–Kier alpha value is -2.44. The molecule has 142 valence electrons. The molecule has 0 aliphatic heterocycles. The number of hydrogen-bond acceptors (Lipinski definition) is 6. The standard InChI is InChI=1S/C20H26O6/c1-25-19-6-4-14(10-20(19)26-2)8-16(12-22)15(11-21)7-13-3-5-17(23)18(24)9-13/h3-6,9-10,15-16,21-24H,7-8,11-12H2,1-2H3/t15-,16-/m0/s1. The molecule has 0 unspecified atom stereocenters. The van der Waals surface area contributed by atoms with Crippen molar-refractivity contribution in [3.05, 3.63) is 47.5 Å². The average Bonchev–Trinajstić information content (AvgIpc) is 2.66. The van der Waals surface area contributed by atoms with E-state index in [2.05, 4.69) is 0 Å². The molecule has 0 heterocycles. The second-order valence-electron chi connectivity index (χ2n) is 6.31. The number of aliphatic hydroxyl groups excluding tert-OH is 2. The van der Waals surface area contributed by atoms with E-state index in [1.54, 1.807) is 20.3 Å². The number of benzene rings is 2. The molecule has 0 spiro atoms. The van der Waals surface area contributed by atoms with Crippen molar-refractivity contribution in [3.63, 3.8) is 0 Å². The smallest absolute Gasteiger partial charge is 0.160 e. The van der Waals surface area contributed by atoms with Gasteiger partial charge in [0.2, 0.25) is 0 Å². The van der Waals surface area contributed by atoms with E-state index in [-0.39, 0.29) is 36.5 Å². The molecule has 6 heteroatoms. The van der Waals surface area contributed by atoms with E-state index >= 15 is 0 Å². The first-order chi connectivity index (χ1) is 12.5. The van der Waals surface area contributed by atoms with Gasteiger partial charge < -0.3 is 29.9 Å². The van der Waals surface area contributed by atoms with Gasteiger partial charge in [-0.1, -0.05) is 12.1 Å². The molecule has 0 fully saturated rings. The number of aliphatic hydroxyl groups is 2. The van der Waals surface area contributed by atoms with Crippen LogP contribution < -0.4 is 9.47 Å². The molecule has 2 atom stereocenters. The van der Waals surface area contributed by atoms with Gasteiger partial charge in [0, 0.05) is 13.2 Å². The summed E-state index contributed by atoms with van der Waals surface area (Å²) in [6.45, 7) is -0.177. The third-order valence-corrected chi connectivity index (χ3v) is 4.62. The van der Waals surface area contributed by atoms with Crippen LogP contribution in [0.2, 0.25) is 0 Å². The minimum atomic E-state index is -0.197. The SMILES string of the molecule is COc1ccc(C[C@@H](CO)[C@H](CO)Cc2ccc(O)c(O)c2)cc1OC. The Morgan fingerprint density at radius 3 is 1.77 bits per heavy atom. The molecule has 4 N–H and O–H groups in total. The number of phenolic OH excluding ortho intramolecular Hbond substituents is 2. The zero-order valence-electron chi connectivity index (χ0n) is 15.1. The summed E-state index contributed by atoms with van der Waals surface area (Å²) < 4.78 is 10.5. The maximum atomic E-state index is 9.84. The highest BCUT2D eigenvalue weighted by atomic mass is 16.5. The van der Waals surface area contributed by atoms with Crippen molar-refractivity contribution in [1.29, 1.82) is 0 Å².